The standard InChI is InChI=1S/C25H27NO2/c1-3-23(21-13-9-6-10-14-21)26-25(27)24(4-2)28-22-17-15-20(16-18-22)19-11-7-5-8-12-19/h5-18,23-24H,3-4H2,1-2H3,(H,26,27). The highest BCUT2D eigenvalue weighted by Gasteiger charge is 2.21. The van der Waals surface area contributed by atoms with E-state index in [1.165, 1.54) is 0 Å². The molecule has 0 bridgehead atoms. The SMILES string of the molecule is CCC(Oc1ccc(-c2ccccc2)cc1)C(=O)NC(CC)c1ccccc1. The Hall–Kier alpha value is -3.07. The number of nitrogens with one attached hydrogen (secondary N) is 1. The van der Waals surface area contributed by atoms with Crippen molar-refractivity contribution in [1.82, 2.24) is 5.32 Å². The molecule has 0 aliphatic carbocycles. The van der Waals surface area contributed by atoms with Crippen LogP contribution in [-0.2, 0) is 4.79 Å². The molecule has 3 aromatic rings. The van der Waals surface area contributed by atoms with Crippen LogP contribution in [0.25, 0.3) is 11.1 Å². The molecule has 0 aromatic heterocycles. The van der Waals surface area contributed by atoms with Crippen LogP contribution in [-0.4, -0.2) is 12.0 Å². The van der Waals surface area contributed by atoms with Gasteiger partial charge in [0.1, 0.15) is 5.75 Å². The van der Waals surface area contributed by atoms with E-state index in [0.717, 1.165) is 23.1 Å². The fourth-order valence-electron chi connectivity index (χ4n) is 3.21. The number of carbonyl (C=O) groups excluding carboxylic acids is 1. The number of carbonyl (C=O) groups is 1. The highest BCUT2D eigenvalue weighted by molar-refractivity contribution is 5.81. The highest BCUT2D eigenvalue weighted by Crippen LogP contribution is 2.23. The van der Waals surface area contributed by atoms with Gasteiger partial charge in [-0.1, -0.05) is 86.6 Å². The summed E-state index contributed by atoms with van der Waals surface area (Å²) >= 11 is 0. The molecule has 0 spiro atoms. The summed E-state index contributed by atoms with van der Waals surface area (Å²) < 4.78 is 5.99. The quantitative estimate of drug-likeness (QED) is 0.544. The molecule has 0 aliphatic heterocycles. The smallest absolute Gasteiger partial charge is 0.261 e. The minimum absolute atomic E-state index is 0.00759. The lowest BCUT2D eigenvalue weighted by molar-refractivity contribution is -0.128. The number of ether oxygens (including phenoxy) is 1. The van der Waals surface area contributed by atoms with Crippen LogP contribution in [0.5, 0.6) is 5.75 Å². The zero-order valence-electron chi connectivity index (χ0n) is 16.5. The summed E-state index contributed by atoms with van der Waals surface area (Å²) in [6, 6.07) is 28.1. The fourth-order valence-corrected chi connectivity index (χ4v) is 3.21. The van der Waals surface area contributed by atoms with E-state index >= 15 is 0 Å². The fraction of sp³-hybridized carbons (Fsp3) is 0.240. The first-order valence-corrected chi connectivity index (χ1v) is 9.88. The lowest BCUT2D eigenvalue weighted by Crippen LogP contribution is -2.39. The Kier molecular flexibility index (Phi) is 6.85. The highest BCUT2D eigenvalue weighted by atomic mass is 16.5. The van der Waals surface area contributed by atoms with Crippen LogP contribution >= 0.6 is 0 Å². The molecule has 0 saturated carbocycles. The van der Waals surface area contributed by atoms with Crippen molar-refractivity contribution in [2.45, 2.75) is 38.8 Å². The monoisotopic (exact) mass is 373 g/mol. The van der Waals surface area contributed by atoms with E-state index in [4.69, 9.17) is 4.74 Å². The molecule has 0 aliphatic rings. The Balaban J connectivity index is 1.65. The summed E-state index contributed by atoms with van der Waals surface area (Å²) in [6.45, 7) is 4.04. The Labute approximate surface area is 167 Å². The molecule has 1 N–H and O–H groups in total. The number of hydrogen-bond acceptors (Lipinski definition) is 2. The van der Waals surface area contributed by atoms with Gasteiger partial charge in [-0.2, -0.15) is 0 Å². The van der Waals surface area contributed by atoms with E-state index in [1.54, 1.807) is 0 Å². The second kappa shape index (κ2) is 9.75. The van der Waals surface area contributed by atoms with Crippen molar-refractivity contribution in [3.63, 3.8) is 0 Å². The largest absolute Gasteiger partial charge is 0.481 e. The molecule has 144 valence electrons. The van der Waals surface area contributed by atoms with Gasteiger partial charge in [0.05, 0.1) is 6.04 Å². The van der Waals surface area contributed by atoms with Crippen LogP contribution in [0.1, 0.15) is 38.3 Å². The van der Waals surface area contributed by atoms with Gasteiger partial charge in [0, 0.05) is 0 Å². The van der Waals surface area contributed by atoms with Crippen LogP contribution in [0.15, 0.2) is 84.9 Å². The van der Waals surface area contributed by atoms with Crippen LogP contribution in [0, 0.1) is 0 Å². The number of benzene rings is 3. The third kappa shape index (κ3) is 5.01. The molecular formula is C25H27NO2. The summed E-state index contributed by atoms with van der Waals surface area (Å²) in [6.07, 6.45) is 0.926. The lowest BCUT2D eigenvalue weighted by atomic mass is 10.0. The average Bonchev–Trinajstić information content (AvgIpc) is 2.77. The molecule has 3 aromatic carbocycles. The summed E-state index contributed by atoms with van der Waals surface area (Å²) in [4.78, 5) is 12.8. The minimum atomic E-state index is -0.514. The molecule has 3 rings (SSSR count). The first-order valence-electron chi connectivity index (χ1n) is 9.88. The molecule has 0 radical (unpaired) electrons. The average molecular weight is 373 g/mol. The Morgan fingerprint density at radius 1 is 0.786 bits per heavy atom. The topological polar surface area (TPSA) is 38.3 Å². The van der Waals surface area contributed by atoms with E-state index in [2.05, 4.69) is 24.4 Å². The van der Waals surface area contributed by atoms with E-state index in [0.29, 0.717) is 12.2 Å². The molecule has 3 heteroatoms. The molecule has 3 nitrogen and oxygen atoms in total. The van der Waals surface area contributed by atoms with Crippen molar-refractivity contribution in [1.29, 1.82) is 0 Å². The third-order valence-electron chi connectivity index (χ3n) is 4.83. The van der Waals surface area contributed by atoms with Gasteiger partial charge >= 0.3 is 0 Å². The predicted octanol–water partition coefficient (Wildman–Crippen LogP) is 5.78. The van der Waals surface area contributed by atoms with Crippen molar-refractivity contribution in [3.05, 3.63) is 90.5 Å². The molecule has 2 unspecified atom stereocenters. The normalized spacial score (nSPS) is 12.8. The molecule has 2 atom stereocenters. The zero-order chi connectivity index (χ0) is 19.8. The summed E-state index contributed by atoms with van der Waals surface area (Å²) in [5.41, 5.74) is 3.40. The van der Waals surface area contributed by atoms with Crippen LogP contribution < -0.4 is 10.1 Å². The van der Waals surface area contributed by atoms with Gasteiger partial charge in [-0.25, -0.2) is 0 Å². The van der Waals surface area contributed by atoms with Crippen molar-refractivity contribution in [2.75, 3.05) is 0 Å². The van der Waals surface area contributed by atoms with Gasteiger partial charge in [0.2, 0.25) is 0 Å². The van der Waals surface area contributed by atoms with Crippen molar-refractivity contribution in [2.24, 2.45) is 0 Å². The Morgan fingerprint density at radius 2 is 1.36 bits per heavy atom. The van der Waals surface area contributed by atoms with Gasteiger partial charge in [-0.3, -0.25) is 4.79 Å². The van der Waals surface area contributed by atoms with Gasteiger partial charge in [0.25, 0.3) is 5.91 Å². The minimum Gasteiger partial charge on any atom is -0.481 e. The van der Waals surface area contributed by atoms with Crippen molar-refractivity contribution >= 4 is 5.91 Å². The van der Waals surface area contributed by atoms with Gasteiger partial charge in [-0.15, -0.1) is 0 Å². The number of amides is 1. The lowest BCUT2D eigenvalue weighted by Gasteiger charge is -2.22. The molecule has 0 saturated heterocycles. The zero-order valence-corrected chi connectivity index (χ0v) is 16.5. The maximum atomic E-state index is 12.8. The maximum Gasteiger partial charge on any atom is 0.261 e. The van der Waals surface area contributed by atoms with Gasteiger partial charge in [0.15, 0.2) is 6.10 Å². The molecule has 28 heavy (non-hydrogen) atoms. The summed E-state index contributed by atoms with van der Waals surface area (Å²) in [5, 5.41) is 3.13. The molecule has 1 amide bonds. The van der Waals surface area contributed by atoms with E-state index in [9.17, 15) is 4.79 Å². The van der Waals surface area contributed by atoms with Crippen molar-refractivity contribution < 1.29 is 9.53 Å². The van der Waals surface area contributed by atoms with Gasteiger partial charge < -0.3 is 10.1 Å². The second-order valence-electron chi connectivity index (χ2n) is 6.79. The van der Waals surface area contributed by atoms with E-state index in [1.807, 2.05) is 79.7 Å². The van der Waals surface area contributed by atoms with Crippen LogP contribution in [0.4, 0.5) is 0 Å². The summed E-state index contributed by atoms with van der Waals surface area (Å²) in [7, 11) is 0. The molecule has 0 heterocycles. The second-order valence-corrected chi connectivity index (χ2v) is 6.79. The molecular weight excluding hydrogens is 346 g/mol. The first kappa shape index (κ1) is 19.7. The van der Waals surface area contributed by atoms with Crippen LogP contribution in [0.2, 0.25) is 0 Å². The summed E-state index contributed by atoms with van der Waals surface area (Å²) in [5.74, 6) is 0.625. The maximum absolute atomic E-state index is 12.8. The van der Waals surface area contributed by atoms with Crippen molar-refractivity contribution in [3.8, 4) is 16.9 Å². The van der Waals surface area contributed by atoms with E-state index in [-0.39, 0.29) is 11.9 Å². The van der Waals surface area contributed by atoms with Crippen LogP contribution in [0.3, 0.4) is 0 Å². The number of hydrogen-bond donors (Lipinski definition) is 1. The number of rotatable bonds is 8. The molecule has 0 fully saturated rings. The Bertz CT molecular complexity index is 860. The Morgan fingerprint density at radius 3 is 1.93 bits per heavy atom. The van der Waals surface area contributed by atoms with E-state index < -0.39 is 6.10 Å². The third-order valence-corrected chi connectivity index (χ3v) is 4.83. The predicted molar refractivity (Wildman–Crippen MR) is 114 cm³/mol. The van der Waals surface area contributed by atoms with Gasteiger partial charge in [-0.05, 0) is 41.7 Å². The first-order chi connectivity index (χ1) is 13.7.